The highest BCUT2D eigenvalue weighted by molar-refractivity contribution is 7.28. The van der Waals surface area contributed by atoms with Crippen LogP contribution in [0.5, 0.6) is 0 Å². The Bertz CT molecular complexity index is 6990. The van der Waals surface area contributed by atoms with E-state index < -0.39 is 0 Å². The Morgan fingerprint density at radius 1 is 0.217 bits per heavy atom. The fourth-order valence-corrected chi connectivity index (χ4v) is 22.1. The zero-order valence-electron chi connectivity index (χ0n) is 48.9. The van der Waals surface area contributed by atoms with E-state index in [1.54, 1.807) is 0 Å². The molecular formula is C84H45N3S5. The van der Waals surface area contributed by atoms with Crippen molar-refractivity contribution in [2.24, 2.45) is 0 Å². The summed E-state index contributed by atoms with van der Waals surface area (Å²) >= 11 is 9.53. The second-order valence-electron chi connectivity index (χ2n) is 24.6. The third kappa shape index (κ3) is 6.81. The number of benzene rings is 15. The van der Waals surface area contributed by atoms with E-state index in [0.29, 0.717) is 0 Å². The predicted octanol–water partition coefficient (Wildman–Crippen LogP) is 27.1. The Kier molecular flexibility index (Phi) is 10.2. The lowest BCUT2D eigenvalue weighted by Gasteiger charge is -2.27. The molecule has 0 aliphatic heterocycles. The van der Waals surface area contributed by atoms with E-state index in [0.717, 1.165) is 17.1 Å². The average molecular weight is 1260 g/mol. The molecule has 0 fully saturated rings. The van der Waals surface area contributed by atoms with Crippen LogP contribution in [-0.2, 0) is 0 Å². The maximum Gasteiger partial charge on any atom is 0.0641 e. The fourth-order valence-electron chi connectivity index (χ4n) is 15.9. The van der Waals surface area contributed by atoms with Crippen LogP contribution in [0.1, 0.15) is 0 Å². The molecule has 0 bridgehead atoms. The van der Waals surface area contributed by atoms with E-state index in [9.17, 15) is 0 Å². The molecule has 22 aromatic rings. The fraction of sp³-hybridized carbons (Fsp3) is 0. The molecule has 0 spiro atoms. The molecule has 92 heavy (non-hydrogen) atoms. The van der Waals surface area contributed by atoms with Crippen molar-refractivity contribution in [1.82, 2.24) is 4.40 Å². The highest BCUT2D eigenvalue weighted by atomic mass is 32.1. The molecule has 426 valence electrons. The summed E-state index contributed by atoms with van der Waals surface area (Å²) in [5, 5.41) is 25.8. The van der Waals surface area contributed by atoms with Gasteiger partial charge in [-0.2, -0.15) is 0 Å². The first-order valence-corrected chi connectivity index (χ1v) is 35.3. The summed E-state index contributed by atoms with van der Waals surface area (Å²) in [5.74, 6) is 0. The third-order valence-corrected chi connectivity index (χ3v) is 25.9. The third-order valence-electron chi connectivity index (χ3n) is 19.9. The molecule has 3 nitrogen and oxygen atoms in total. The van der Waals surface area contributed by atoms with Gasteiger partial charge in [0.1, 0.15) is 0 Å². The molecule has 0 N–H and O–H groups in total. The van der Waals surface area contributed by atoms with Gasteiger partial charge in [0.05, 0.1) is 43.0 Å². The minimum Gasteiger partial charge on any atom is -0.309 e. The number of aromatic nitrogens is 1. The lowest BCUT2D eigenvalue weighted by atomic mass is 9.99. The van der Waals surface area contributed by atoms with Gasteiger partial charge in [0.2, 0.25) is 0 Å². The van der Waals surface area contributed by atoms with Gasteiger partial charge in [-0.25, -0.2) is 0 Å². The molecule has 22 rings (SSSR count). The smallest absolute Gasteiger partial charge is 0.0641 e. The van der Waals surface area contributed by atoms with Crippen LogP contribution in [0.3, 0.4) is 0 Å². The molecular weight excluding hydrogens is 1210 g/mol. The Hall–Kier alpha value is -10.4. The van der Waals surface area contributed by atoms with Gasteiger partial charge in [-0.05, 0) is 106 Å². The van der Waals surface area contributed by atoms with Gasteiger partial charge in [-0.1, -0.05) is 194 Å². The summed E-state index contributed by atoms with van der Waals surface area (Å²) in [6, 6.07) is 103. The molecule has 7 aromatic heterocycles. The molecule has 0 atom stereocenters. The number of hydrogen-bond acceptors (Lipinski definition) is 7. The zero-order chi connectivity index (χ0) is 59.6. The summed E-state index contributed by atoms with van der Waals surface area (Å²) in [7, 11) is 0. The van der Waals surface area contributed by atoms with E-state index >= 15 is 0 Å². The molecule has 8 heteroatoms. The summed E-state index contributed by atoms with van der Waals surface area (Å²) in [6.07, 6.45) is 0. The van der Waals surface area contributed by atoms with Crippen molar-refractivity contribution >= 4 is 262 Å². The van der Waals surface area contributed by atoms with Crippen LogP contribution in [-0.4, -0.2) is 4.40 Å². The van der Waals surface area contributed by atoms with Gasteiger partial charge in [-0.15, -0.1) is 56.7 Å². The summed E-state index contributed by atoms with van der Waals surface area (Å²) in [6.45, 7) is 0. The van der Waals surface area contributed by atoms with E-state index in [1.807, 2.05) is 56.7 Å². The van der Waals surface area contributed by atoms with Crippen LogP contribution < -0.4 is 9.80 Å². The molecule has 0 amide bonds. The standard InChI is InChI=1S/C84H45N3S5/c1-3-15-51-46(13-1)27-32-61-55-34-29-48(43-74(55)90-80(51)61)85(70-23-11-20-59-53-17-6-9-25-72(53)88-83(59)70)49-30-35-57-63-38-37-58-64(82(63)92-75(57)44-49)39-41-68-77(58)66-40-42-69(78-65-19-5-8-22-67(65)87(68)79(66)78)86(71-24-12-21-60-54-18-7-10-26-73(54)89-84(60)71)50-31-36-56-62-33-28-47-14-2-4-16-52(47)81(62)91-76(56)45-50/h1-45H. The number of rotatable bonds is 6. The van der Waals surface area contributed by atoms with Crippen molar-refractivity contribution in [3.05, 3.63) is 273 Å². The molecule has 0 aliphatic carbocycles. The van der Waals surface area contributed by atoms with Crippen LogP contribution in [0, 0.1) is 0 Å². The van der Waals surface area contributed by atoms with Gasteiger partial charge < -0.3 is 14.2 Å². The van der Waals surface area contributed by atoms with E-state index in [4.69, 9.17) is 0 Å². The predicted molar refractivity (Wildman–Crippen MR) is 407 cm³/mol. The molecule has 0 unspecified atom stereocenters. The molecule has 0 radical (unpaired) electrons. The van der Waals surface area contributed by atoms with Crippen LogP contribution >= 0.6 is 56.7 Å². The summed E-state index contributed by atoms with van der Waals surface area (Å²) in [4.78, 5) is 5.11. The number of thiophene rings is 5. The van der Waals surface area contributed by atoms with Gasteiger partial charge in [0.25, 0.3) is 0 Å². The summed E-state index contributed by atoms with van der Waals surface area (Å²) in [5.41, 5.74) is 10.7. The Morgan fingerprint density at radius 3 is 1.20 bits per heavy atom. The Labute approximate surface area is 544 Å². The van der Waals surface area contributed by atoms with Crippen LogP contribution in [0.2, 0.25) is 0 Å². The van der Waals surface area contributed by atoms with Gasteiger partial charge in [0, 0.05) is 135 Å². The summed E-state index contributed by atoms with van der Waals surface area (Å²) < 4.78 is 15.6. The van der Waals surface area contributed by atoms with E-state index in [-0.39, 0.29) is 0 Å². The maximum atomic E-state index is 2.58. The van der Waals surface area contributed by atoms with Crippen molar-refractivity contribution in [3.63, 3.8) is 0 Å². The Morgan fingerprint density at radius 2 is 0.609 bits per heavy atom. The van der Waals surface area contributed by atoms with Crippen molar-refractivity contribution in [1.29, 1.82) is 0 Å². The van der Waals surface area contributed by atoms with Crippen molar-refractivity contribution in [3.8, 4) is 0 Å². The van der Waals surface area contributed by atoms with Crippen molar-refractivity contribution < 1.29 is 0 Å². The lowest BCUT2D eigenvalue weighted by Crippen LogP contribution is -2.10. The first-order valence-electron chi connectivity index (χ1n) is 31.2. The Balaban J connectivity index is 0.747. The molecule has 0 saturated carbocycles. The van der Waals surface area contributed by atoms with Crippen LogP contribution in [0.4, 0.5) is 34.1 Å². The van der Waals surface area contributed by atoms with Crippen molar-refractivity contribution in [2.45, 2.75) is 0 Å². The lowest BCUT2D eigenvalue weighted by molar-refractivity contribution is 1.32. The highest BCUT2D eigenvalue weighted by Gasteiger charge is 2.28. The van der Waals surface area contributed by atoms with Gasteiger partial charge in [-0.3, -0.25) is 0 Å². The largest absolute Gasteiger partial charge is 0.309 e. The quantitative estimate of drug-likeness (QED) is 0.164. The highest BCUT2D eigenvalue weighted by Crippen LogP contribution is 2.54. The minimum absolute atomic E-state index is 1.15. The average Bonchev–Trinajstić information content (AvgIpc) is 1.54. The second kappa shape index (κ2) is 18.6. The number of anilines is 6. The van der Waals surface area contributed by atoms with E-state index in [1.165, 1.54) is 188 Å². The molecule has 0 saturated heterocycles. The monoisotopic (exact) mass is 1260 g/mol. The number of para-hydroxylation sites is 1. The first-order chi connectivity index (χ1) is 45.6. The normalized spacial score (nSPS) is 12.6. The number of nitrogens with zero attached hydrogens (tertiary/aromatic N) is 3. The maximum absolute atomic E-state index is 2.58. The molecule has 0 aliphatic rings. The topological polar surface area (TPSA) is 10.9 Å². The van der Waals surface area contributed by atoms with Crippen LogP contribution in [0.25, 0.3) is 171 Å². The van der Waals surface area contributed by atoms with Gasteiger partial charge in [0.15, 0.2) is 0 Å². The second-order valence-corrected chi connectivity index (χ2v) is 29.8. The number of fused-ring (bicyclic) bond motifs is 28. The minimum atomic E-state index is 1.15. The molecule has 7 heterocycles. The first kappa shape index (κ1) is 50.3. The number of hydrogen-bond donors (Lipinski definition) is 0. The van der Waals surface area contributed by atoms with Gasteiger partial charge >= 0.3 is 0 Å². The zero-order valence-corrected chi connectivity index (χ0v) is 52.9. The SMILES string of the molecule is c1ccc2c(c1)ccc1c3ccc(N(c4ccc5c(c4)sc4c5ccc5c4ccc4c5c5ccc(N(c6ccc7c(c6)sc6c8ccccc8ccc76)c6cccc7c6sc6ccccc67)c6c7ccccc7n4c56)c4cccc5c4sc4ccccc45)cc3sc21. The molecule has 15 aromatic carbocycles. The van der Waals surface area contributed by atoms with Crippen LogP contribution in [0.15, 0.2) is 273 Å². The van der Waals surface area contributed by atoms with Crippen molar-refractivity contribution in [2.75, 3.05) is 9.80 Å². The van der Waals surface area contributed by atoms with E-state index in [2.05, 4.69) is 287 Å².